The lowest BCUT2D eigenvalue weighted by Gasteiger charge is -2.14. The number of rotatable bonds is 1. The van der Waals surface area contributed by atoms with Crippen molar-refractivity contribution in [1.82, 2.24) is 9.97 Å². The summed E-state index contributed by atoms with van der Waals surface area (Å²) in [6, 6.07) is 0. The summed E-state index contributed by atoms with van der Waals surface area (Å²) in [5.41, 5.74) is 8.54. The first-order valence-electron chi connectivity index (χ1n) is 4.85. The second kappa shape index (κ2) is 3.48. The van der Waals surface area contributed by atoms with Crippen LogP contribution in [0.5, 0.6) is 0 Å². The van der Waals surface area contributed by atoms with E-state index in [4.69, 9.17) is 5.73 Å². The summed E-state index contributed by atoms with van der Waals surface area (Å²) >= 11 is 0. The zero-order valence-electron chi connectivity index (χ0n) is 9.60. The van der Waals surface area contributed by atoms with Crippen LogP contribution in [0.2, 0.25) is 0 Å². The Morgan fingerprint density at radius 1 is 1.43 bits per heavy atom. The molecule has 0 bridgehead atoms. The summed E-state index contributed by atoms with van der Waals surface area (Å²) in [6.45, 7) is 10.3. The molecule has 1 heterocycles. The van der Waals surface area contributed by atoms with Crippen LogP contribution in [0.3, 0.4) is 0 Å². The Morgan fingerprint density at radius 3 is 2.36 bits per heavy atom. The quantitative estimate of drug-likeness (QED) is 0.719. The van der Waals surface area contributed by atoms with Gasteiger partial charge in [-0.2, -0.15) is 0 Å². The van der Waals surface area contributed by atoms with Crippen molar-refractivity contribution in [3.8, 4) is 0 Å². The van der Waals surface area contributed by atoms with Gasteiger partial charge in [0, 0.05) is 5.41 Å². The molecule has 3 heteroatoms. The summed E-state index contributed by atoms with van der Waals surface area (Å²) in [5.74, 6) is 0.981. The number of hydrogen-bond acceptors (Lipinski definition) is 2. The first-order chi connectivity index (χ1) is 6.36. The van der Waals surface area contributed by atoms with E-state index in [1.165, 1.54) is 0 Å². The van der Waals surface area contributed by atoms with E-state index >= 15 is 0 Å². The molecule has 0 radical (unpaired) electrons. The molecular formula is C11H19N3. The molecule has 0 amide bonds. The van der Waals surface area contributed by atoms with Crippen LogP contribution in [0.4, 0.5) is 0 Å². The minimum absolute atomic E-state index is 0.0387. The van der Waals surface area contributed by atoms with E-state index in [1.54, 1.807) is 0 Å². The van der Waals surface area contributed by atoms with Gasteiger partial charge in [0.05, 0.1) is 17.1 Å². The zero-order valence-corrected chi connectivity index (χ0v) is 9.60. The van der Waals surface area contributed by atoms with Crippen LogP contribution in [0.25, 0.3) is 5.70 Å². The van der Waals surface area contributed by atoms with E-state index in [9.17, 15) is 0 Å². The number of H-pyrrole nitrogens is 1. The molecule has 0 atom stereocenters. The van der Waals surface area contributed by atoms with Gasteiger partial charge >= 0.3 is 0 Å². The highest BCUT2D eigenvalue weighted by atomic mass is 15.0. The molecule has 14 heavy (non-hydrogen) atoms. The topological polar surface area (TPSA) is 54.7 Å². The number of nitrogens with two attached hydrogens (primary N) is 1. The SMILES string of the molecule is C/C=C(/N)c1[nH]c(C(C)(C)C)nc1C. The molecule has 1 aromatic rings. The van der Waals surface area contributed by atoms with Crippen LogP contribution in [0.1, 0.15) is 44.9 Å². The maximum Gasteiger partial charge on any atom is 0.112 e. The van der Waals surface area contributed by atoms with Gasteiger partial charge < -0.3 is 10.7 Å². The third kappa shape index (κ3) is 1.97. The standard InChI is InChI=1S/C11H19N3/c1-6-8(12)9-7(2)13-10(14-9)11(3,4)5/h6H,12H2,1-5H3,(H,13,14)/b8-6+. The highest BCUT2D eigenvalue weighted by molar-refractivity contribution is 5.61. The normalized spacial score (nSPS) is 13.4. The Labute approximate surface area is 85.4 Å². The zero-order chi connectivity index (χ0) is 10.9. The second-order valence-electron chi connectivity index (χ2n) is 4.54. The Balaban J connectivity index is 3.18. The first-order valence-corrected chi connectivity index (χ1v) is 4.85. The fourth-order valence-corrected chi connectivity index (χ4v) is 1.24. The highest BCUT2D eigenvalue weighted by Crippen LogP contribution is 2.22. The molecule has 0 saturated heterocycles. The third-order valence-corrected chi connectivity index (χ3v) is 2.19. The number of hydrogen-bond donors (Lipinski definition) is 2. The molecule has 0 saturated carbocycles. The molecule has 1 rings (SSSR count). The largest absolute Gasteiger partial charge is 0.397 e. The van der Waals surface area contributed by atoms with Crippen molar-refractivity contribution < 1.29 is 0 Å². The fraction of sp³-hybridized carbons (Fsp3) is 0.545. The Morgan fingerprint density at radius 2 is 2.00 bits per heavy atom. The maximum absolute atomic E-state index is 5.84. The van der Waals surface area contributed by atoms with Crippen LogP contribution in [-0.4, -0.2) is 9.97 Å². The van der Waals surface area contributed by atoms with Gasteiger partial charge in [-0.05, 0) is 13.8 Å². The molecule has 0 aliphatic carbocycles. The van der Waals surface area contributed by atoms with Gasteiger partial charge in [-0.1, -0.05) is 26.8 Å². The average Bonchev–Trinajstić information content (AvgIpc) is 2.45. The van der Waals surface area contributed by atoms with Crippen molar-refractivity contribution in [2.24, 2.45) is 5.73 Å². The van der Waals surface area contributed by atoms with Crippen molar-refractivity contribution in [1.29, 1.82) is 0 Å². The van der Waals surface area contributed by atoms with Gasteiger partial charge in [0.25, 0.3) is 0 Å². The van der Waals surface area contributed by atoms with Crippen LogP contribution in [-0.2, 0) is 5.41 Å². The molecule has 78 valence electrons. The number of aryl methyl sites for hydroxylation is 1. The van der Waals surface area contributed by atoms with Crippen LogP contribution >= 0.6 is 0 Å². The van der Waals surface area contributed by atoms with E-state index in [2.05, 4.69) is 30.7 Å². The monoisotopic (exact) mass is 193 g/mol. The maximum atomic E-state index is 5.84. The summed E-state index contributed by atoms with van der Waals surface area (Å²) < 4.78 is 0. The summed E-state index contributed by atoms with van der Waals surface area (Å²) in [4.78, 5) is 7.74. The predicted molar refractivity (Wildman–Crippen MR) is 59.9 cm³/mol. The number of imidazole rings is 1. The third-order valence-electron chi connectivity index (χ3n) is 2.19. The van der Waals surface area contributed by atoms with E-state index in [1.807, 2.05) is 19.9 Å². The van der Waals surface area contributed by atoms with Gasteiger partial charge in [0.1, 0.15) is 5.82 Å². The molecule has 0 fully saturated rings. The van der Waals surface area contributed by atoms with Crippen molar-refractivity contribution in [2.45, 2.75) is 40.0 Å². The van der Waals surface area contributed by atoms with E-state index in [-0.39, 0.29) is 5.41 Å². The molecule has 0 aliphatic heterocycles. The van der Waals surface area contributed by atoms with E-state index in [0.717, 1.165) is 22.9 Å². The number of nitrogens with zero attached hydrogens (tertiary/aromatic N) is 1. The first kappa shape index (κ1) is 10.8. The Hall–Kier alpha value is -1.25. The van der Waals surface area contributed by atoms with Crippen molar-refractivity contribution in [2.75, 3.05) is 0 Å². The summed E-state index contributed by atoms with van der Waals surface area (Å²) in [6.07, 6.45) is 1.88. The smallest absolute Gasteiger partial charge is 0.112 e. The molecule has 0 unspecified atom stereocenters. The molecule has 0 aromatic carbocycles. The number of aromatic amines is 1. The number of aromatic nitrogens is 2. The molecular weight excluding hydrogens is 174 g/mol. The van der Waals surface area contributed by atoms with Crippen molar-refractivity contribution in [3.63, 3.8) is 0 Å². The van der Waals surface area contributed by atoms with E-state index in [0.29, 0.717) is 0 Å². The lowest BCUT2D eigenvalue weighted by molar-refractivity contribution is 0.551. The van der Waals surface area contributed by atoms with Gasteiger partial charge in [-0.25, -0.2) is 4.98 Å². The molecule has 3 N–H and O–H groups in total. The Bertz CT molecular complexity index is 353. The van der Waals surface area contributed by atoms with Crippen molar-refractivity contribution >= 4 is 5.70 Å². The van der Waals surface area contributed by atoms with Crippen molar-refractivity contribution in [3.05, 3.63) is 23.3 Å². The number of nitrogens with one attached hydrogen (secondary N) is 1. The fourth-order valence-electron chi connectivity index (χ4n) is 1.24. The van der Waals surface area contributed by atoms with Gasteiger partial charge in [0.15, 0.2) is 0 Å². The van der Waals surface area contributed by atoms with Crippen LogP contribution in [0, 0.1) is 6.92 Å². The Kier molecular flexibility index (Phi) is 2.69. The summed E-state index contributed by atoms with van der Waals surface area (Å²) in [7, 11) is 0. The molecule has 1 aromatic heterocycles. The molecule has 3 nitrogen and oxygen atoms in total. The summed E-state index contributed by atoms with van der Waals surface area (Å²) in [5, 5.41) is 0. The number of allylic oxidation sites excluding steroid dienone is 1. The van der Waals surface area contributed by atoms with E-state index < -0.39 is 0 Å². The predicted octanol–water partition coefficient (Wildman–Crippen LogP) is 2.34. The minimum Gasteiger partial charge on any atom is -0.397 e. The molecule has 0 aliphatic rings. The van der Waals surface area contributed by atoms with Gasteiger partial charge in [0.2, 0.25) is 0 Å². The lowest BCUT2D eigenvalue weighted by Crippen LogP contribution is -2.13. The average molecular weight is 193 g/mol. The lowest BCUT2D eigenvalue weighted by atomic mass is 9.96. The molecule has 0 spiro atoms. The highest BCUT2D eigenvalue weighted by Gasteiger charge is 2.19. The minimum atomic E-state index is 0.0387. The van der Waals surface area contributed by atoms with Gasteiger partial charge in [-0.15, -0.1) is 0 Å². The van der Waals surface area contributed by atoms with Gasteiger partial charge in [-0.3, -0.25) is 0 Å². The second-order valence-corrected chi connectivity index (χ2v) is 4.54. The van der Waals surface area contributed by atoms with Crippen LogP contribution in [0.15, 0.2) is 6.08 Å². The van der Waals surface area contributed by atoms with Crippen LogP contribution < -0.4 is 5.73 Å².